The van der Waals surface area contributed by atoms with Crippen LogP contribution in [0.4, 0.5) is 4.39 Å². The quantitative estimate of drug-likeness (QED) is 0.517. The van der Waals surface area contributed by atoms with Gasteiger partial charge in [-0.15, -0.1) is 0 Å². The maximum absolute atomic E-state index is 14.2. The first-order chi connectivity index (χ1) is 14.1. The van der Waals surface area contributed by atoms with Gasteiger partial charge in [-0.2, -0.15) is 5.10 Å². The van der Waals surface area contributed by atoms with Crippen LogP contribution in [0.3, 0.4) is 0 Å². The Hall–Kier alpha value is -3.58. The van der Waals surface area contributed by atoms with E-state index in [9.17, 15) is 14.0 Å². The molecular weight excluding hydrogens is 395 g/mol. The highest BCUT2D eigenvalue weighted by Crippen LogP contribution is 2.35. The largest absolute Gasteiger partial charge is 0.275 e. The lowest BCUT2D eigenvalue weighted by Crippen LogP contribution is -2.29. The summed E-state index contributed by atoms with van der Waals surface area (Å²) in [4.78, 5) is 31.3. The van der Waals surface area contributed by atoms with Gasteiger partial charge in [0.1, 0.15) is 5.82 Å². The third-order valence-electron chi connectivity index (χ3n) is 4.96. The third-order valence-corrected chi connectivity index (χ3v) is 5.31. The van der Waals surface area contributed by atoms with Crippen molar-refractivity contribution in [2.75, 3.05) is 0 Å². The van der Waals surface area contributed by atoms with E-state index in [0.29, 0.717) is 16.7 Å². The van der Waals surface area contributed by atoms with Crippen LogP contribution < -0.4 is 0 Å². The lowest BCUT2D eigenvalue weighted by atomic mass is 10.0. The Morgan fingerprint density at radius 1 is 1.03 bits per heavy atom. The zero-order chi connectivity index (χ0) is 20.1. The number of fused-ring (bicyclic) bond motifs is 3. The fraction of sp³-hybridized carbons (Fsp3) is 0.0476. The third kappa shape index (κ3) is 2.62. The maximum atomic E-state index is 14.2. The van der Waals surface area contributed by atoms with Crippen molar-refractivity contribution < 1.29 is 14.0 Å². The van der Waals surface area contributed by atoms with Crippen LogP contribution in [0.2, 0.25) is 5.02 Å². The van der Waals surface area contributed by atoms with Gasteiger partial charge in [0.25, 0.3) is 11.8 Å². The molecule has 5 rings (SSSR count). The second-order valence-electron chi connectivity index (χ2n) is 6.61. The van der Waals surface area contributed by atoms with E-state index in [0.717, 1.165) is 10.5 Å². The molecule has 0 saturated heterocycles. The van der Waals surface area contributed by atoms with Crippen molar-refractivity contribution in [1.82, 2.24) is 20.1 Å². The van der Waals surface area contributed by atoms with E-state index in [-0.39, 0.29) is 28.3 Å². The monoisotopic (exact) mass is 406 g/mol. The zero-order valence-electron chi connectivity index (χ0n) is 14.8. The minimum absolute atomic E-state index is 0.0864. The van der Waals surface area contributed by atoms with Crippen LogP contribution >= 0.6 is 11.6 Å². The highest BCUT2D eigenvalue weighted by atomic mass is 35.5. The SMILES string of the molecule is O=C1c2cnc3n[nH]c(-c4ccccc4)c3c2C(=O)N1Cc1c(F)cccc1Cl. The van der Waals surface area contributed by atoms with Crippen molar-refractivity contribution in [2.24, 2.45) is 0 Å². The van der Waals surface area contributed by atoms with Crippen molar-refractivity contribution in [2.45, 2.75) is 6.54 Å². The molecule has 4 aromatic rings. The number of hydrogen-bond acceptors (Lipinski definition) is 4. The molecule has 1 aliphatic heterocycles. The summed E-state index contributed by atoms with van der Waals surface area (Å²) in [7, 11) is 0. The van der Waals surface area contributed by atoms with E-state index in [1.807, 2.05) is 30.3 Å². The fourth-order valence-corrected chi connectivity index (χ4v) is 3.77. The van der Waals surface area contributed by atoms with Crippen LogP contribution in [-0.2, 0) is 6.54 Å². The molecule has 2 aromatic heterocycles. The Balaban J connectivity index is 1.65. The number of imide groups is 1. The number of carbonyl (C=O) groups is 2. The van der Waals surface area contributed by atoms with Gasteiger partial charge in [0.05, 0.1) is 28.8 Å². The Bertz CT molecular complexity index is 1280. The average Bonchev–Trinajstić information content (AvgIpc) is 3.26. The van der Waals surface area contributed by atoms with E-state index in [1.54, 1.807) is 0 Å². The normalized spacial score (nSPS) is 13.4. The molecule has 0 fully saturated rings. The van der Waals surface area contributed by atoms with Gasteiger partial charge in [0, 0.05) is 22.3 Å². The molecule has 0 unspecified atom stereocenters. The summed E-state index contributed by atoms with van der Waals surface area (Å²) in [6.45, 7) is -0.266. The second kappa shape index (κ2) is 6.49. The van der Waals surface area contributed by atoms with Crippen LogP contribution in [0.5, 0.6) is 0 Å². The molecule has 29 heavy (non-hydrogen) atoms. The summed E-state index contributed by atoms with van der Waals surface area (Å²) < 4.78 is 14.2. The molecule has 1 aliphatic rings. The first-order valence-corrected chi connectivity index (χ1v) is 9.15. The molecule has 0 spiro atoms. The smallest absolute Gasteiger partial charge is 0.263 e. The molecule has 3 heterocycles. The van der Waals surface area contributed by atoms with Gasteiger partial charge in [0.2, 0.25) is 0 Å². The summed E-state index contributed by atoms with van der Waals surface area (Å²) in [6, 6.07) is 13.5. The number of halogens is 2. The highest BCUT2D eigenvalue weighted by molar-refractivity contribution is 6.31. The minimum atomic E-state index is -0.578. The molecule has 6 nitrogen and oxygen atoms in total. The Labute approximate surface area is 168 Å². The van der Waals surface area contributed by atoms with Gasteiger partial charge in [-0.1, -0.05) is 48.0 Å². The number of benzene rings is 2. The van der Waals surface area contributed by atoms with Crippen molar-refractivity contribution in [3.8, 4) is 11.3 Å². The fourth-order valence-electron chi connectivity index (χ4n) is 3.54. The predicted octanol–water partition coefficient (Wildman–Crippen LogP) is 4.21. The molecule has 142 valence electrons. The van der Waals surface area contributed by atoms with Gasteiger partial charge < -0.3 is 0 Å². The second-order valence-corrected chi connectivity index (χ2v) is 7.01. The number of H-pyrrole nitrogens is 1. The molecule has 1 N–H and O–H groups in total. The zero-order valence-corrected chi connectivity index (χ0v) is 15.6. The topological polar surface area (TPSA) is 79.0 Å². The van der Waals surface area contributed by atoms with Gasteiger partial charge in [-0.25, -0.2) is 9.37 Å². The molecule has 0 radical (unpaired) electrons. The van der Waals surface area contributed by atoms with E-state index in [4.69, 9.17) is 11.6 Å². The summed E-state index contributed by atoms with van der Waals surface area (Å²) in [5.74, 6) is -1.65. The van der Waals surface area contributed by atoms with E-state index >= 15 is 0 Å². The van der Waals surface area contributed by atoms with E-state index in [1.165, 1.54) is 24.4 Å². The molecule has 2 amide bonds. The molecule has 0 bridgehead atoms. The lowest BCUT2D eigenvalue weighted by molar-refractivity contribution is 0.0641. The number of rotatable bonds is 3. The van der Waals surface area contributed by atoms with Crippen molar-refractivity contribution >= 4 is 34.4 Å². The summed E-state index contributed by atoms with van der Waals surface area (Å²) in [5, 5.41) is 7.69. The number of aromatic nitrogens is 3. The van der Waals surface area contributed by atoms with Crippen LogP contribution in [0.25, 0.3) is 22.3 Å². The van der Waals surface area contributed by atoms with Crippen LogP contribution in [0.1, 0.15) is 26.3 Å². The maximum Gasteiger partial charge on any atom is 0.263 e. The first kappa shape index (κ1) is 17.5. The molecular formula is C21H12ClFN4O2. The molecule has 8 heteroatoms. The molecule has 0 saturated carbocycles. The Kier molecular flexibility index (Phi) is 3.92. The summed E-state index contributed by atoms with van der Waals surface area (Å²) in [5.41, 5.74) is 2.18. The van der Waals surface area contributed by atoms with E-state index < -0.39 is 17.6 Å². The number of hydrogen-bond donors (Lipinski definition) is 1. The predicted molar refractivity (Wildman–Crippen MR) is 105 cm³/mol. The first-order valence-electron chi connectivity index (χ1n) is 8.78. The van der Waals surface area contributed by atoms with Gasteiger partial charge in [-0.3, -0.25) is 19.6 Å². The van der Waals surface area contributed by atoms with Gasteiger partial charge in [0.15, 0.2) is 5.65 Å². The minimum Gasteiger partial charge on any atom is -0.275 e. The average molecular weight is 407 g/mol. The highest BCUT2D eigenvalue weighted by Gasteiger charge is 2.39. The summed E-state index contributed by atoms with van der Waals surface area (Å²) in [6.07, 6.45) is 1.33. The van der Waals surface area contributed by atoms with Crippen LogP contribution in [-0.4, -0.2) is 31.9 Å². The number of aromatic amines is 1. The van der Waals surface area contributed by atoms with E-state index in [2.05, 4.69) is 15.2 Å². The van der Waals surface area contributed by atoms with Crippen LogP contribution in [0, 0.1) is 5.82 Å². The lowest BCUT2D eigenvalue weighted by Gasteiger charge is -2.15. The number of amides is 2. The number of nitrogens with one attached hydrogen (secondary N) is 1. The number of pyridine rings is 1. The number of carbonyl (C=O) groups excluding carboxylic acids is 2. The number of nitrogens with zero attached hydrogens (tertiary/aromatic N) is 3. The standard InChI is InChI=1S/C21H12ClFN4O2/c22-14-7-4-8-15(23)13(14)10-27-20(28)12-9-24-19-17(16(12)21(27)29)18(25-26-19)11-5-2-1-3-6-11/h1-9H,10H2,(H,24,25,26). The van der Waals surface area contributed by atoms with Gasteiger partial charge in [-0.05, 0) is 12.1 Å². The Morgan fingerprint density at radius 2 is 1.83 bits per heavy atom. The molecule has 0 aliphatic carbocycles. The van der Waals surface area contributed by atoms with Crippen molar-refractivity contribution in [3.63, 3.8) is 0 Å². The van der Waals surface area contributed by atoms with Crippen LogP contribution in [0.15, 0.2) is 54.7 Å². The molecule has 0 atom stereocenters. The van der Waals surface area contributed by atoms with Crippen molar-refractivity contribution in [3.05, 3.63) is 82.3 Å². The summed E-state index contributed by atoms with van der Waals surface area (Å²) >= 11 is 6.08. The molecule has 2 aromatic carbocycles. The van der Waals surface area contributed by atoms with Crippen molar-refractivity contribution in [1.29, 1.82) is 0 Å². The van der Waals surface area contributed by atoms with Gasteiger partial charge >= 0.3 is 0 Å². The Morgan fingerprint density at radius 3 is 2.59 bits per heavy atom.